The summed E-state index contributed by atoms with van der Waals surface area (Å²) in [5.74, 6) is 0.908. The Morgan fingerprint density at radius 2 is 1.85 bits per heavy atom. The molecule has 0 aliphatic rings. The summed E-state index contributed by atoms with van der Waals surface area (Å²) >= 11 is 0. The zero-order valence-electron chi connectivity index (χ0n) is 14.9. The van der Waals surface area contributed by atoms with Crippen LogP contribution in [0.5, 0.6) is 0 Å². The smallest absolute Gasteiger partial charge is 0.225 e. The maximum atomic E-state index is 13.8. The van der Waals surface area contributed by atoms with E-state index >= 15 is 0 Å². The molecular formula is C20H22FN5. The second-order valence-corrected chi connectivity index (χ2v) is 6.08. The summed E-state index contributed by atoms with van der Waals surface area (Å²) in [5.41, 5.74) is 2.06. The molecule has 6 heteroatoms. The number of anilines is 2. The summed E-state index contributed by atoms with van der Waals surface area (Å²) in [5, 5.41) is 6.47. The number of benzene rings is 1. The Bertz CT molecular complexity index is 854. The van der Waals surface area contributed by atoms with Crippen molar-refractivity contribution >= 4 is 11.8 Å². The number of rotatable bonds is 7. The molecule has 2 heterocycles. The molecule has 0 aliphatic carbocycles. The lowest BCUT2D eigenvalue weighted by molar-refractivity contribution is 0.613. The fraction of sp³-hybridized carbons (Fsp3) is 0.250. The predicted molar refractivity (Wildman–Crippen MR) is 102 cm³/mol. The molecule has 1 atom stereocenters. The van der Waals surface area contributed by atoms with Crippen LogP contribution in [0, 0.1) is 5.82 Å². The fourth-order valence-corrected chi connectivity index (χ4v) is 2.40. The lowest BCUT2D eigenvalue weighted by Crippen LogP contribution is -2.16. The highest BCUT2D eigenvalue weighted by molar-refractivity contribution is 5.61. The molecule has 134 valence electrons. The van der Waals surface area contributed by atoms with Gasteiger partial charge in [-0.25, -0.2) is 9.37 Å². The van der Waals surface area contributed by atoms with Crippen LogP contribution >= 0.6 is 0 Å². The molecule has 0 aliphatic heterocycles. The van der Waals surface area contributed by atoms with Gasteiger partial charge < -0.3 is 10.6 Å². The third kappa shape index (κ3) is 4.53. The summed E-state index contributed by atoms with van der Waals surface area (Å²) in [6.45, 7) is 4.51. The average molecular weight is 351 g/mol. The van der Waals surface area contributed by atoms with Gasteiger partial charge in [-0.15, -0.1) is 0 Å². The van der Waals surface area contributed by atoms with Crippen molar-refractivity contribution in [3.05, 3.63) is 66.1 Å². The van der Waals surface area contributed by atoms with Crippen LogP contribution in [0.25, 0.3) is 11.4 Å². The van der Waals surface area contributed by atoms with Crippen molar-refractivity contribution < 1.29 is 4.39 Å². The first-order valence-corrected chi connectivity index (χ1v) is 8.70. The van der Waals surface area contributed by atoms with Gasteiger partial charge in [0, 0.05) is 30.4 Å². The minimum Gasteiger partial charge on any atom is -0.366 e. The molecule has 3 aromatic rings. The predicted octanol–water partition coefficient (Wildman–Crippen LogP) is 4.50. The molecule has 0 unspecified atom stereocenters. The Labute approximate surface area is 152 Å². The Morgan fingerprint density at radius 3 is 2.58 bits per heavy atom. The number of nitrogens with zero attached hydrogens (tertiary/aromatic N) is 3. The molecule has 0 bridgehead atoms. The molecule has 26 heavy (non-hydrogen) atoms. The zero-order chi connectivity index (χ0) is 18.4. The van der Waals surface area contributed by atoms with Gasteiger partial charge in [0.25, 0.3) is 0 Å². The van der Waals surface area contributed by atoms with E-state index < -0.39 is 0 Å². The van der Waals surface area contributed by atoms with Crippen molar-refractivity contribution in [2.24, 2.45) is 0 Å². The minimum atomic E-state index is -0.239. The minimum absolute atomic E-state index is 0.239. The lowest BCUT2D eigenvalue weighted by atomic mass is 10.2. The zero-order valence-corrected chi connectivity index (χ0v) is 14.9. The fourth-order valence-electron chi connectivity index (χ4n) is 2.40. The normalized spacial score (nSPS) is 11.8. The molecule has 0 fully saturated rings. The standard InChI is InChI=1S/C20H22FN5/c1-3-14(2)24-20-25-18(17-10-6-7-11-22-17)12-19(26-20)23-13-15-8-4-5-9-16(15)21/h4-12,14H,3,13H2,1-2H3,(H2,23,24,25,26)/t14-/m0/s1. The molecule has 0 saturated heterocycles. The van der Waals surface area contributed by atoms with Gasteiger partial charge in [-0.2, -0.15) is 4.98 Å². The van der Waals surface area contributed by atoms with Crippen LogP contribution in [-0.4, -0.2) is 21.0 Å². The van der Waals surface area contributed by atoms with Crippen LogP contribution in [0.15, 0.2) is 54.7 Å². The first-order chi connectivity index (χ1) is 12.7. The van der Waals surface area contributed by atoms with E-state index in [1.54, 1.807) is 18.3 Å². The molecule has 5 nitrogen and oxygen atoms in total. The maximum Gasteiger partial charge on any atom is 0.225 e. The van der Waals surface area contributed by atoms with Crippen LogP contribution in [0.4, 0.5) is 16.2 Å². The van der Waals surface area contributed by atoms with Gasteiger partial charge in [0.05, 0.1) is 11.4 Å². The van der Waals surface area contributed by atoms with Gasteiger partial charge in [0.2, 0.25) is 5.95 Å². The van der Waals surface area contributed by atoms with Crippen LogP contribution < -0.4 is 10.6 Å². The second kappa shape index (κ2) is 8.38. The summed E-state index contributed by atoms with van der Waals surface area (Å²) < 4.78 is 13.8. The first kappa shape index (κ1) is 17.8. The van der Waals surface area contributed by atoms with Crippen LogP contribution in [0.2, 0.25) is 0 Å². The number of pyridine rings is 1. The molecular weight excluding hydrogens is 329 g/mol. The van der Waals surface area contributed by atoms with Gasteiger partial charge >= 0.3 is 0 Å². The molecule has 2 aromatic heterocycles. The largest absolute Gasteiger partial charge is 0.366 e. The first-order valence-electron chi connectivity index (χ1n) is 8.70. The highest BCUT2D eigenvalue weighted by Gasteiger charge is 2.10. The van der Waals surface area contributed by atoms with E-state index in [4.69, 9.17) is 0 Å². The second-order valence-electron chi connectivity index (χ2n) is 6.08. The van der Waals surface area contributed by atoms with Crippen molar-refractivity contribution in [2.45, 2.75) is 32.9 Å². The number of halogens is 1. The topological polar surface area (TPSA) is 62.7 Å². The Hall–Kier alpha value is -3.02. The third-order valence-electron chi connectivity index (χ3n) is 4.06. The van der Waals surface area contributed by atoms with E-state index in [9.17, 15) is 4.39 Å². The average Bonchev–Trinajstić information content (AvgIpc) is 2.68. The van der Waals surface area contributed by atoms with Crippen molar-refractivity contribution in [3.63, 3.8) is 0 Å². The molecule has 0 amide bonds. The molecule has 2 N–H and O–H groups in total. The van der Waals surface area contributed by atoms with Crippen molar-refractivity contribution in [2.75, 3.05) is 10.6 Å². The molecule has 3 rings (SSSR count). The van der Waals surface area contributed by atoms with Gasteiger partial charge in [-0.3, -0.25) is 4.98 Å². The quantitative estimate of drug-likeness (QED) is 0.656. The summed E-state index contributed by atoms with van der Waals surface area (Å²) in [4.78, 5) is 13.4. The van der Waals surface area contributed by atoms with Crippen LogP contribution in [-0.2, 0) is 6.54 Å². The lowest BCUT2D eigenvalue weighted by Gasteiger charge is -2.14. The van der Waals surface area contributed by atoms with E-state index in [-0.39, 0.29) is 11.9 Å². The summed E-state index contributed by atoms with van der Waals surface area (Å²) in [6.07, 6.45) is 2.68. The van der Waals surface area contributed by atoms with Gasteiger partial charge in [-0.1, -0.05) is 31.2 Å². The van der Waals surface area contributed by atoms with Crippen LogP contribution in [0.1, 0.15) is 25.8 Å². The van der Waals surface area contributed by atoms with Crippen LogP contribution in [0.3, 0.4) is 0 Å². The maximum absolute atomic E-state index is 13.8. The highest BCUT2D eigenvalue weighted by Crippen LogP contribution is 2.21. The van der Waals surface area contributed by atoms with E-state index in [1.165, 1.54) is 6.07 Å². The van der Waals surface area contributed by atoms with E-state index in [2.05, 4.69) is 39.4 Å². The molecule has 0 spiro atoms. The molecule has 1 aromatic carbocycles. The van der Waals surface area contributed by atoms with E-state index in [0.717, 1.165) is 12.1 Å². The summed E-state index contributed by atoms with van der Waals surface area (Å²) in [6, 6.07) is 14.4. The van der Waals surface area contributed by atoms with Gasteiger partial charge in [-0.05, 0) is 31.5 Å². The van der Waals surface area contributed by atoms with E-state index in [0.29, 0.717) is 29.6 Å². The Morgan fingerprint density at radius 1 is 1.04 bits per heavy atom. The highest BCUT2D eigenvalue weighted by atomic mass is 19.1. The Kier molecular flexibility index (Phi) is 5.73. The number of aromatic nitrogens is 3. The van der Waals surface area contributed by atoms with E-state index in [1.807, 2.05) is 30.3 Å². The molecule has 0 radical (unpaired) electrons. The van der Waals surface area contributed by atoms with Crippen molar-refractivity contribution in [1.82, 2.24) is 15.0 Å². The number of nitrogens with one attached hydrogen (secondary N) is 2. The van der Waals surface area contributed by atoms with Crippen molar-refractivity contribution in [1.29, 1.82) is 0 Å². The number of hydrogen-bond donors (Lipinski definition) is 2. The monoisotopic (exact) mass is 351 g/mol. The SMILES string of the molecule is CC[C@H](C)Nc1nc(NCc2ccccc2F)cc(-c2ccccn2)n1. The molecule has 0 saturated carbocycles. The van der Waals surface area contributed by atoms with Gasteiger partial charge in [0.15, 0.2) is 0 Å². The summed E-state index contributed by atoms with van der Waals surface area (Å²) in [7, 11) is 0. The number of hydrogen-bond acceptors (Lipinski definition) is 5. The van der Waals surface area contributed by atoms with Crippen molar-refractivity contribution in [3.8, 4) is 11.4 Å². The van der Waals surface area contributed by atoms with Gasteiger partial charge in [0.1, 0.15) is 11.6 Å². The third-order valence-corrected chi connectivity index (χ3v) is 4.06. The Balaban J connectivity index is 1.88.